The van der Waals surface area contributed by atoms with Crippen LogP contribution < -0.4 is 14.8 Å². The van der Waals surface area contributed by atoms with E-state index in [1.54, 1.807) is 24.3 Å². The van der Waals surface area contributed by atoms with Crippen LogP contribution in [-0.4, -0.2) is 45.9 Å². The number of rotatable bonds is 6. The molecule has 8 heteroatoms. The lowest BCUT2D eigenvalue weighted by atomic mass is 10.0. The van der Waals surface area contributed by atoms with Crippen molar-refractivity contribution in [1.82, 2.24) is 4.31 Å². The molecule has 1 aliphatic rings. The van der Waals surface area contributed by atoms with Gasteiger partial charge in [0.15, 0.2) is 0 Å². The number of nitrogens with one attached hydrogen (secondary N) is 1. The second-order valence-electron chi connectivity index (χ2n) is 7.10. The molecule has 156 valence electrons. The molecule has 0 bridgehead atoms. The molecule has 2 aromatic carbocycles. The van der Waals surface area contributed by atoms with Crippen molar-refractivity contribution < 1.29 is 22.7 Å². The molecule has 0 saturated carbocycles. The summed E-state index contributed by atoms with van der Waals surface area (Å²) in [4.78, 5) is 13.0. The van der Waals surface area contributed by atoms with E-state index in [1.807, 2.05) is 0 Å². The highest BCUT2D eigenvalue weighted by molar-refractivity contribution is 7.89. The summed E-state index contributed by atoms with van der Waals surface area (Å²) < 4.78 is 38.1. The van der Waals surface area contributed by atoms with Crippen molar-refractivity contribution in [2.45, 2.75) is 24.7 Å². The van der Waals surface area contributed by atoms with Crippen molar-refractivity contribution in [1.29, 1.82) is 0 Å². The summed E-state index contributed by atoms with van der Waals surface area (Å²) in [5.41, 5.74) is 0.630. The molecule has 7 nitrogen and oxygen atoms in total. The predicted molar refractivity (Wildman–Crippen MR) is 111 cm³/mol. The number of carbonyl (C=O) groups is 1. The van der Waals surface area contributed by atoms with Crippen LogP contribution in [0.25, 0.3) is 0 Å². The van der Waals surface area contributed by atoms with Crippen molar-refractivity contribution in [3.8, 4) is 11.5 Å². The quantitative estimate of drug-likeness (QED) is 0.777. The van der Waals surface area contributed by atoms with Crippen LogP contribution in [0.2, 0.25) is 0 Å². The number of methoxy groups -OCH3 is 2. The number of hydrogen-bond donors (Lipinski definition) is 1. The SMILES string of the molecule is COc1ccccc1NC(=O)c1cc(S(=O)(=O)N2CCC(C)CC2)ccc1OC. The van der Waals surface area contributed by atoms with Gasteiger partial charge < -0.3 is 14.8 Å². The van der Waals surface area contributed by atoms with Crippen molar-refractivity contribution in [3.63, 3.8) is 0 Å². The topological polar surface area (TPSA) is 84.9 Å². The number of ether oxygens (including phenoxy) is 2. The monoisotopic (exact) mass is 418 g/mol. The summed E-state index contributed by atoms with van der Waals surface area (Å²) in [6.45, 7) is 3.09. The van der Waals surface area contributed by atoms with E-state index in [2.05, 4.69) is 12.2 Å². The number of carbonyl (C=O) groups excluding carboxylic acids is 1. The summed E-state index contributed by atoms with van der Waals surface area (Å²) in [6.07, 6.45) is 1.66. The second kappa shape index (κ2) is 8.84. The van der Waals surface area contributed by atoms with Gasteiger partial charge in [-0.15, -0.1) is 0 Å². The van der Waals surface area contributed by atoms with Gasteiger partial charge in [-0.3, -0.25) is 4.79 Å². The third kappa shape index (κ3) is 4.54. The molecule has 1 fully saturated rings. The average molecular weight is 419 g/mol. The molecular formula is C21H26N2O5S. The first-order valence-electron chi connectivity index (χ1n) is 9.49. The van der Waals surface area contributed by atoms with Gasteiger partial charge >= 0.3 is 0 Å². The van der Waals surface area contributed by atoms with E-state index in [0.717, 1.165) is 12.8 Å². The first kappa shape index (κ1) is 21.1. The maximum Gasteiger partial charge on any atom is 0.259 e. The Labute approximate surface area is 171 Å². The van der Waals surface area contributed by atoms with Crippen LogP contribution >= 0.6 is 0 Å². The highest BCUT2D eigenvalue weighted by atomic mass is 32.2. The van der Waals surface area contributed by atoms with Gasteiger partial charge in [0.25, 0.3) is 5.91 Å². The molecule has 1 aliphatic heterocycles. The Hall–Kier alpha value is -2.58. The molecule has 1 amide bonds. The molecule has 0 radical (unpaired) electrons. The van der Waals surface area contributed by atoms with Crippen molar-refractivity contribution in [2.75, 3.05) is 32.6 Å². The highest BCUT2D eigenvalue weighted by Crippen LogP contribution is 2.29. The Kier molecular flexibility index (Phi) is 6.44. The molecule has 29 heavy (non-hydrogen) atoms. The molecule has 1 saturated heterocycles. The van der Waals surface area contributed by atoms with Crippen LogP contribution in [0.5, 0.6) is 11.5 Å². The van der Waals surface area contributed by atoms with Crippen LogP contribution in [0.1, 0.15) is 30.1 Å². The molecule has 0 unspecified atom stereocenters. The first-order valence-corrected chi connectivity index (χ1v) is 10.9. The fraction of sp³-hybridized carbons (Fsp3) is 0.381. The van der Waals surface area contributed by atoms with E-state index < -0.39 is 15.9 Å². The lowest BCUT2D eigenvalue weighted by molar-refractivity contribution is 0.102. The summed E-state index contributed by atoms with van der Waals surface area (Å²) in [5.74, 6) is 0.838. The molecule has 1 N–H and O–H groups in total. The standard InChI is InChI=1S/C21H26N2O5S/c1-15-10-12-23(13-11-15)29(25,26)16-8-9-19(27-2)17(14-16)21(24)22-18-6-4-5-7-20(18)28-3/h4-9,14-15H,10-13H2,1-3H3,(H,22,24). The maximum atomic E-state index is 13.1. The fourth-order valence-electron chi connectivity index (χ4n) is 3.34. The lowest BCUT2D eigenvalue weighted by Crippen LogP contribution is -2.37. The second-order valence-corrected chi connectivity index (χ2v) is 9.04. The first-order chi connectivity index (χ1) is 13.9. The van der Waals surface area contributed by atoms with Gasteiger partial charge in [0.1, 0.15) is 11.5 Å². The van der Waals surface area contributed by atoms with Gasteiger partial charge in [0.05, 0.1) is 30.4 Å². The summed E-state index contributed by atoms with van der Waals surface area (Å²) in [5, 5.41) is 2.76. The number of para-hydroxylation sites is 2. The summed E-state index contributed by atoms with van der Waals surface area (Å²) >= 11 is 0. The van der Waals surface area contributed by atoms with Crippen LogP contribution in [0.15, 0.2) is 47.4 Å². The van der Waals surface area contributed by atoms with E-state index >= 15 is 0 Å². The minimum atomic E-state index is -3.68. The van der Waals surface area contributed by atoms with Gasteiger partial charge in [0.2, 0.25) is 10.0 Å². The number of amides is 1. The number of benzene rings is 2. The summed E-state index contributed by atoms with van der Waals surface area (Å²) in [6, 6.07) is 11.4. The molecule has 1 heterocycles. The lowest BCUT2D eigenvalue weighted by Gasteiger charge is -2.29. The predicted octanol–water partition coefficient (Wildman–Crippen LogP) is 3.38. The Morgan fingerprint density at radius 2 is 1.69 bits per heavy atom. The number of piperidine rings is 1. The minimum Gasteiger partial charge on any atom is -0.496 e. The van der Waals surface area contributed by atoms with Crippen LogP contribution in [0.4, 0.5) is 5.69 Å². The molecule has 2 aromatic rings. The number of anilines is 1. The number of hydrogen-bond acceptors (Lipinski definition) is 5. The highest BCUT2D eigenvalue weighted by Gasteiger charge is 2.29. The van der Waals surface area contributed by atoms with Crippen molar-refractivity contribution in [2.24, 2.45) is 5.92 Å². The van der Waals surface area contributed by atoms with Crippen LogP contribution in [-0.2, 0) is 10.0 Å². The Morgan fingerprint density at radius 1 is 1.03 bits per heavy atom. The smallest absolute Gasteiger partial charge is 0.259 e. The van der Waals surface area contributed by atoms with Gasteiger partial charge in [-0.1, -0.05) is 19.1 Å². The summed E-state index contributed by atoms with van der Waals surface area (Å²) in [7, 11) is -0.727. The fourth-order valence-corrected chi connectivity index (χ4v) is 4.83. The Morgan fingerprint density at radius 3 is 2.34 bits per heavy atom. The molecule has 0 atom stereocenters. The maximum absolute atomic E-state index is 13.1. The van der Waals surface area contributed by atoms with E-state index in [-0.39, 0.29) is 10.5 Å². The molecule has 0 aliphatic carbocycles. The van der Waals surface area contributed by atoms with Crippen LogP contribution in [0.3, 0.4) is 0 Å². The zero-order chi connectivity index (χ0) is 21.0. The average Bonchev–Trinajstić information content (AvgIpc) is 2.73. The molecular weight excluding hydrogens is 392 g/mol. The van der Waals surface area contributed by atoms with E-state index in [1.165, 1.54) is 36.7 Å². The third-order valence-corrected chi connectivity index (χ3v) is 7.05. The molecule has 3 rings (SSSR count). The van der Waals surface area contributed by atoms with E-state index in [0.29, 0.717) is 36.2 Å². The van der Waals surface area contributed by atoms with E-state index in [9.17, 15) is 13.2 Å². The third-order valence-electron chi connectivity index (χ3n) is 5.15. The zero-order valence-electron chi connectivity index (χ0n) is 16.8. The van der Waals surface area contributed by atoms with Crippen LogP contribution in [0, 0.1) is 5.92 Å². The van der Waals surface area contributed by atoms with Gasteiger partial charge in [0, 0.05) is 13.1 Å². The number of sulfonamides is 1. The number of nitrogens with zero attached hydrogens (tertiary/aromatic N) is 1. The van der Waals surface area contributed by atoms with E-state index in [4.69, 9.17) is 9.47 Å². The van der Waals surface area contributed by atoms with Crippen molar-refractivity contribution >= 4 is 21.6 Å². The largest absolute Gasteiger partial charge is 0.496 e. The van der Waals surface area contributed by atoms with Gasteiger partial charge in [-0.2, -0.15) is 4.31 Å². The molecule has 0 spiro atoms. The minimum absolute atomic E-state index is 0.0815. The Bertz CT molecular complexity index is 982. The van der Waals surface area contributed by atoms with Gasteiger partial charge in [-0.25, -0.2) is 8.42 Å². The Balaban J connectivity index is 1.92. The normalized spacial score (nSPS) is 15.7. The molecule has 0 aromatic heterocycles. The zero-order valence-corrected chi connectivity index (χ0v) is 17.7. The van der Waals surface area contributed by atoms with Crippen molar-refractivity contribution in [3.05, 3.63) is 48.0 Å². The van der Waals surface area contributed by atoms with Gasteiger partial charge in [-0.05, 0) is 49.1 Å².